The lowest BCUT2D eigenvalue weighted by Gasteiger charge is -2.41. The second-order valence-corrected chi connectivity index (χ2v) is 12.5. The van der Waals surface area contributed by atoms with Crippen molar-refractivity contribution in [3.05, 3.63) is 55.6 Å². The van der Waals surface area contributed by atoms with E-state index in [0.717, 1.165) is 37.8 Å². The quantitative estimate of drug-likeness (QED) is 0.412. The molecule has 6 atom stereocenters. The average molecular weight is 564 g/mol. The van der Waals surface area contributed by atoms with Gasteiger partial charge in [0.1, 0.15) is 11.6 Å². The van der Waals surface area contributed by atoms with E-state index in [1.165, 1.54) is 0 Å². The first-order valence-electron chi connectivity index (χ1n) is 15.2. The maximum atomic E-state index is 14.7. The molecule has 41 heavy (non-hydrogen) atoms. The van der Waals surface area contributed by atoms with Crippen LogP contribution in [0.3, 0.4) is 0 Å². The van der Waals surface area contributed by atoms with Gasteiger partial charge in [-0.1, -0.05) is 56.5 Å². The van der Waals surface area contributed by atoms with Crippen molar-refractivity contribution in [2.75, 3.05) is 31.1 Å². The number of carbonyl (C=O) groups is 3. The van der Waals surface area contributed by atoms with Gasteiger partial charge in [0, 0.05) is 38.0 Å². The summed E-state index contributed by atoms with van der Waals surface area (Å²) in [4.78, 5) is 48.8. The topological polar surface area (TPSA) is 90.4 Å². The molecule has 1 aliphatic carbocycles. The summed E-state index contributed by atoms with van der Waals surface area (Å²) < 4.78 is 6.94. The Morgan fingerprint density at radius 2 is 1.78 bits per heavy atom. The molecule has 3 saturated heterocycles. The van der Waals surface area contributed by atoms with Crippen LogP contribution >= 0.6 is 0 Å². The number of aliphatic hydroxyl groups excluding tert-OH is 1. The predicted octanol–water partition coefficient (Wildman–Crippen LogP) is 3.95. The maximum absolute atomic E-state index is 14.7. The number of benzene rings is 1. The third kappa shape index (κ3) is 4.73. The monoisotopic (exact) mass is 563 g/mol. The van der Waals surface area contributed by atoms with Crippen LogP contribution in [-0.4, -0.2) is 82.2 Å². The van der Waals surface area contributed by atoms with Crippen molar-refractivity contribution in [1.29, 1.82) is 0 Å². The molecule has 3 heterocycles. The van der Waals surface area contributed by atoms with E-state index >= 15 is 0 Å². The van der Waals surface area contributed by atoms with E-state index in [0.29, 0.717) is 25.9 Å². The van der Waals surface area contributed by atoms with E-state index < -0.39 is 29.1 Å². The lowest BCUT2D eigenvalue weighted by atomic mass is 9.62. The highest BCUT2D eigenvalue weighted by molar-refractivity contribution is 6.03. The number of carbonyl (C=O) groups excluding carboxylic acids is 3. The van der Waals surface area contributed by atoms with Crippen molar-refractivity contribution in [3.8, 4) is 0 Å². The van der Waals surface area contributed by atoms with Crippen LogP contribution < -0.4 is 4.90 Å². The minimum absolute atomic E-state index is 0.0440. The van der Waals surface area contributed by atoms with Gasteiger partial charge in [-0.05, 0) is 50.7 Å². The first-order valence-corrected chi connectivity index (χ1v) is 15.2. The highest BCUT2D eigenvalue weighted by atomic mass is 16.5. The molecule has 222 valence electrons. The Kier molecular flexibility index (Phi) is 8.44. The summed E-state index contributed by atoms with van der Waals surface area (Å²) in [6.45, 7) is 12.6. The number of rotatable bonds is 11. The number of fused-ring (bicyclic) bond motifs is 1. The standard InChI is InChI=1S/C33H45N3O5/c1-5-18-34(24-14-9-7-10-15-24)29(38)26-27-30(39)36(20-13-21-37)28(33(27)22-23(3)32(26,4)41-33)31(40)35(19-6-2)25-16-11-8-12-17-25/h5-7,9-10,14-15,23,25-28,37H,1-2,8,11-13,16-22H2,3-4H3/t23?,26-,27+,28?,32+,33?/m1/s1. The van der Waals surface area contributed by atoms with Crippen LogP contribution in [0.2, 0.25) is 0 Å². The van der Waals surface area contributed by atoms with Gasteiger partial charge >= 0.3 is 0 Å². The molecule has 5 rings (SSSR count). The number of nitrogens with zero attached hydrogens (tertiary/aromatic N) is 3. The van der Waals surface area contributed by atoms with Crippen LogP contribution in [0.25, 0.3) is 0 Å². The molecule has 4 fully saturated rings. The Morgan fingerprint density at radius 1 is 1.10 bits per heavy atom. The van der Waals surface area contributed by atoms with Gasteiger partial charge in [-0.15, -0.1) is 13.2 Å². The van der Waals surface area contributed by atoms with Crippen molar-refractivity contribution in [2.24, 2.45) is 17.8 Å². The number of anilines is 1. The van der Waals surface area contributed by atoms with E-state index in [4.69, 9.17) is 4.74 Å². The smallest absolute Gasteiger partial charge is 0.248 e. The molecule has 8 nitrogen and oxygen atoms in total. The summed E-state index contributed by atoms with van der Waals surface area (Å²) in [6.07, 6.45) is 9.47. The molecule has 1 saturated carbocycles. The molecule has 8 heteroatoms. The number of ether oxygens (including phenoxy) is 1. The van der Waals surface area contributed by atoms with E-state index in [1.54, 1.807) is 22.0 Å². The van der Waals surface area contributed by atoms with Crippen LogP contribution in [-0.2, 0) is 19.1 Å². The van der Waals surface area contributed by atoms with Gasteiger partial charge < -0.3 is 24.5 Å². The number of aliphatic hydroxyl groups is 1. The third-order valence-corrected chi connectivity index (χ3v) is 10.1. The largest absolute Gasteiger partial charge is 0.396 e. The second kappa shape index (κ2) is 11.7. The normalized spacial score (nSPS) is 32.6. The summed E-state index contributed by atoms with van der Waals surface area (Å²) in [6, 6.07) is 8.66. The van der Waals surface area contributed by atoms with E-state index in [1.807, 2.05) is 42.2 Å². The summed E-state index contributed by atoms with van der Waals surface area (Å²) in [5.41, 5.74) is -1.28. The van der Waals surface area contributed by atoms with Gasteiger partial charge in [0.15, 0.2) is 0 Å². The fourth-order valence-electron chi connectivity index (χ4n) is 8.21. The minimum atomic E-state index is -1.11. The van der Waals surface area contributed by atoms with E-state index in [2.05, 4.69) is 20.1 Å². The molecule has 1 aromatic rings. The summed E-state index contributed by atoms with van der Waals surface area (Å²) in [5.74, 6) is -2.11. The van der Waals surface area contributed by atoms with Crippen LogP contribution in [0.15, 0.2) is 55.6 Å². The zero-order valence-electron chi connectivity index (χ0n) is 24.5. The number of hydrogen-bond donors (Lipinski definition) is 1. The number of para-hydroxylation sites is 1. The zero-order chi connectivity index (χ0) is 29.4. The van der Waals surface area contributed by atoms with Crippen LogP contribution in [0.5, 0.6) is 0 Å². The van der Waals surface area contributed by atoms with Gasteiger partial charge in [0.2, 0.25) is 17.7 Å². The summed E-state index contributed by atoms with van der Waals surface area (Å²) in [7, 11) is 0. The lowest BCUT2D eigenvalue weighted by molar-refractivity contribution is -0.154. The third-order valence-electron chi connectivity index (χ3n) is 10.1. The molecular weight excluding hydrogens is 518 g/mol. The maximum Gasteiger partial charge on any atom is 0.248 e. The van der Waals surface area contributed by atoms with E-state index in [-0.39, 0.29) is 42.8 Å². The molecule has 2 bridgehead atoms. The van der Waals surface area contributed by atoms with Crippen LogP contribution in [0.1, 0.15) is 58.8 Å². The fourth-order valence-corrected chi connectivity index (χ4v) is 8.21. The first-order chi connectivity index (χ1) is 19.7. The molecule has 1 N–H and O–H groups in total. The Hall–Kier alpha value is -2.97. The van der Waals surface area contributed by atoms with Gasteiger partial charge in [-0.3, -0.25) is 14.4 Å². The lowest BCUT2D eigenvalue weighted by Crippen LogP contribution is -2.58. The van der Waals surface area contributed by atoms with Crippen molar-refractivity contribution in [3.63, 3.8) is 0 Å². The van der Waals surface area contributed by atoms with Gasteiger partial charge in [0.05, 0.1) is 17.4 Å². The Morgan fingerprint density at radius 3 is 2.41 bits per heavy atom. The van der Waals surface area contributed by atoms with Crippen molar-refractivity contribution < 1.29 is 24.2 Å². The van der Waals surface area contributed by atoms with Crippen molar-refractivity contribution >= 4 is 23.4 Å². The Labute approximate surface area is 244 Å². The van der Waals surface area contributed by atoms with Crippen molar-refractivity contribution in [1.82, 2.24) is 9.80 Å². The predicted molar refractivity (Wildman–Crippen MR) is 158 cm³/mol. The highest BCUT2D eigenvalue weighted by Crippen LogP contribution is 2.65. The SMILES string of the molecule is C=CCN(C(=O)[C@H]1[C@H]2C(=O)N(CCCO)C(C(=O)N(CC=C)C3CCCCC3)C23CC(C)[C@]1(C)O3)c1ccccc1. The molecule has 1 spiro atoms. The molecule has 0 aromatic heterocycles. The second-order valence-electron chi connectivity index (χ2n) is 12.5. The Bertz CT molecular complexity index is 1170. The molecule has 4 aliphatic rings. The van der Waals surface area contributed by atoms with E-state index in [9.17, 15) is 19.5 Å². The Balaban J connectivity index is 1.58. The molecule has 3 aliphatic heterocycles. The number of amides is 3. The average Bonchev–Trinajstić information content (AvgIpc) is 3.50. The van der Waals surface area contributed by atoms with Gasteiger partial charge in [-0.25, -0.2) is 0 Å². The summed E-state index contributed by atoms with van der Waals surface area (Å²) >= 11 is 0. The van der Waals surface area contributed by atoms with Crippen LogP contribution in [0.4, 0.5) is 5.69 Å². The zero-order valence-corrected chi connectivity index (χ0v) is 24.5. The molecule has 1 aromatic carbocycles. The van der Waals surface area contributed by atoms with Gasteiger partial charge in [0.25, 0.3) is 0 Å². The number of likely N-dealkylation sites (tertiary alicyclic amines) is 1. The fraction of sp³-hybridized carbons (Fsp3) is 0.606. The molecule has 3 unspecified atom stereocenters. The first kappa shape index (κ1) is 29.5. The van der Waals surface area contributed by atoms with Crippen LogP contribution in [0, 0.1) is 17.8 Å². The molecular formula is C33H45N3O5. The van der Waals surface area contributed by atoms with Crippen molar-refractivity contribution in [2.45, 2.75) is 82.1 Å². The minimum Gasteiger partial charge on any atom is -0.396 e. The number of hydrogen-bond acceptors (Lipinski definition) is 5. The van der Waals surface area contributed by atoms with Gasteiger partial charge in [-0.2, -0.15) is 0 Å². The summed E-state index contributed by atoms with van der Waals surface area (Å²) in [5, 5.41) is 9.70. The molecule has 0 radical (unpaired) electrons. The molecule has 3 amide bonds. The highest BCUT2D eigenvalue weighted by Gasteiger charge is 2.80.